The van der Waals surface area contributed by atoms with E-state index in [1.807, 2.05) is 0 Å². The fourth-order valence-corrected chi connectivity index (χ4v) is 2.53. The van der Waals surface area contributed by atoms with Crippen LogP contribution in [0, 0.1) is 5.92 Å². The highest BCUT2D eigenvalue weighted by Crippen LogP contribution is 2.48. The van der Waals surface area contributed by atoms with Gasteiger partial charge in [0.1, 0.15) is 0 Å². The summed E-state index contributed by atoms with van der Waals surface area (Å²) in [5, 5.41) is 8.86. The van der Waals surface area contributed by atoms with Crippen LogP contribution in [0.25, 0.3) is 0 Å². The fourth-order valence-electron chi connectivity index (χ4n) is 2.53. The van der Waals surface area contributed by atoms with Gasteiger partial charge in [0.2, 0.25) is 0 Å². The fraction of sp³-hybridized carbons (Fsp3) is 1.00. The molecule has 1 saturated heterocycles. The van der Waals surface area contributed by atoms with E-state index in [1.54, 1.807) is 0 Å². The second-order valence-electron chi connectivity index (χ2n) is 4.16. The molecule has 0 bridgehead atoms. The maximum atomic E-state index is 8.86. The largest absolute Gasteiger partial charge is 0.394 e. The van der Waals surface area contributed by atoms with Gasteiger partial charge < -0.3 is 9.84 Å². The van der Waals surface area contributed by atoms with Crippen LogP contribution in [0.5, 0.6) is 0 Å². The zero-order chi connectivity index (χ0) is 7.90. The normalized spacial score (nSPS) is 49.6. The predicted octanol–water partition coefficient (Wildman–Crippen LogP) is 1.33. The highest BCUT2D eigenvalue weighted by atomic mass is 16.5. The quantitative estimate of drug-likeness (QED) is 0.620. The maximum absolute atomic E-state index is 8.86. The van der Waals surface area contributed by atoms with Gasteiger partial charge in [-0.3, -0.25) is 0 Å². The average Bonchev–Trinajstić information content (AvgIpc) is 2.31. The highest BCUT2D eigenvalue weighted by molar-refractivity contribution is 4.98. The van der Waals surface area contributed by atoms with Crippen molar-refractivity contribution >= 4 is 0 Å². The summed E-state index contributed by atoms with van der Waals surface area (Å²) in [5.41, 5.74) is 0.201. The molecule has 1 saturated carbocycles. The van der Waals surface area contributed by atoms with Crippen LogP contribution >= 0.6 is 0 Å². The number of ether oxygens (including phenoxy) is 1. The summed E-state index contributed by atoms with van der Waals surface area (Å²) in [6, 6.07) is 0. The van der Waals surface area contributed by atoms with Crippen molar-refractivity contribution in [3.05, 3.63) is 0 Å². The lowest BCUT2D eigenvalue weighted by atomic mass is 9.70. The Bertz CT molecular complexity index is 150. The van der Waals surface area contributed by atoms with E-state index in [9.17, 15) is 0 Å². The molecule has 2 heteroatoms. The van der Waals surface area contributed by atoms with E-state index < -0.39 is 0 Å². The molecule has 1 N–H and O–H groups in total. The zero-order valence-corrected chi connectivity index (χ0v) is 7.05. The standard InChI is InChI=1S/C9H16O2/c1-7-4-9(5-7)3-2-8(6-10)11-9/h7-8,10H,2-6H2,1H3. The molecule has 0 aromatic heterocycles. The van der Waals surface area contributed by atoms with Gasteiger partial charge in [0.25, 0.3) is 0 Å². The molecule has 1 unspecified atom stereocenters. The lowest BCUT2D eigenvalue weighted by molar-refractivity contribution is -0.124. The Morgan fingerprint density at radius 3 is 2.73 bits per heavy atom. The molecule has 2 aliphatic rings. The second-order valence-corrected chi connectivity index (χ2v) is 4.16. The molecule has 0 radical (unpaired) electrons. The lowest BCUT2D eigenvalue weighted by Crippen LogP contribution is -2.42. The van der Waals surface area contributed by atoms with Crippen LogP contribution in [-0.2, 0) is 4.74 Å². The van der Waals surface area contributed by atoms with Crippen LogP contribution < -0.4 is 0 Å². The van der Waals surface area contributed by atoms with Crippen LogP contribution in [0.4, 0.5) is 0 Å². The third-order valence-corrected chi connectivity index (χ3v) is 2.98. The molecule has 2 fully saturated rings. The zero-order valence-electron chi connectivity index (χ0n) is 7.05. The Morgan fingerprint density at radius 2 is 2.27 bits per heavy atom. The third kappa shape index (κ3) is 1.18. The highest BCUT2D eigenvalue weighted by Gasteiger charge is 2.48. The van der Waals surface area contributed by atoms with Crippen molar-refractivity contribution in [3.63, 3.8) is 0 Å². The molecular formula is C9H16O2. The van der Waals surface area contributed by atoms with Gasteiger partial charge >= 0.3 is 0 Å². The Balaban J connectivity index is 1.89. The van der Waals surface area contributed by atoms with Crippen molar-refractivity contribution in [2.45, 2.75) is 44.3 Å². The van der Waals surface area contributed by atoms with Crippen molar-refractivity contribution < 1.29 is 9.84 Å². The first-order chi connectivity index (χ1) is 5.24. The van der Waals surface area contributed by atoms with Gasteiger partial charge in [-0.25, -0.2) is 0 Å². The maximum Gasteiger partial charge on any atom is 0.0814 e. The SMILES string of the molecule is CC1CC2(CCC(CO)O2)C1. The van der Waals surface area contributed by atoms with E-state index in [4.69, 9.17) is 9.84 Å². The first-order valence-corrected chi connectivity index (χ1v) is 4.53. The van der Waals surface area contributed by atoms with E-state index in [0.29, 0.717) is 0 Å². The van der Waals surface area contributed by atoms with Crippen molar-refractivity contribution in [2.75, 3.05) is 6.61 Å². The van der Waals surface area contributed by atoms with Gasteiger partial charge in [0, 0.05) is 0 Å². The van der Waals surface area contributed by atoms with Crippen LogP contribution in [0.3, 0.4) is 0 Å². The Morgan fingerprint density at radius 1 is 1.55 bits per heavy atom. The molecule has 1 spiro atoms. The van der Waals surface area contributed by atoms with Gasteiger partial charge in [0.05, 0.1) is 18.3 Å². The molecule has 0 amide bonds. The summed E-state index contributed by atoms with van der Waals surface area (Å²) in [6.45, 7) is 2.47. The summed E-state index contributed by atoms with van der Waals surface area (Å²) >= 11 is 0. The Hall–Kier alpha value is -0.0800. The minimum atomic E-state index is 0.141. The number of hydrogen-bond acceptors (Lipinski definition) is 2. The molecule has 1 aliphatic carbocycles. The van der Waals surface area contributed by atoms with Crippen LogP contribution in [-0.4, -0.2) is 23.4 Å². The van der Waals surface area contributed by atoms with Crippen LogP contribution in [0.2, 0.25) is 0 Å². The van der Waals surface area contributed by atoms with E-state index in [1.165, 1.54) is 19.3 Å². The summed E-state index contributed by atoms with van der Waals surface area (Å²) in [6.07, 6.45) is 4.79. The van der Waals surface area contributed by atoms with E-state index in [-0.39, 0.29) is 18.3 Å². The lowest BCUT2D eigenvalue weighted by Gasteiger charge is -2.43. The van der Waals surface area contributed by atoms with Crippen LogP contribution in [0.15, 0.2) is 0 Å². The molecule has 1 atom stereocenters. The predicted molar refractivity (Wildman–Crippen MR) is 42.3 cm³/mol. The summed E-state index contributed by atoms with van der Waals surface area (Å²) in [4.78, 5) is 0. The molecule has 1 heterocycles. The first-order valence-electron chi connectivity index (χ1n) is 4.53. The van der Waals surface area contributed by atoms with Gasteiger partial charge in [-0.15, -0.1) is 0 Å². The van der Waals surface area contributed by atoms with Crippen molar-refractivity contribution in [2.24, 2.45) is 5.92 Å². The van der Waals surface area contributed by atoms with Crippen molar-refractivity contribution in [1.29, 1.82) is 0 Å². The van der Waals surface area contributed by atoms with Crippen molar-refractivity contribution in [1.82, 2.24) is 0 Å². The monoisotopic (exact) mass is 156 g/mol. The Labute approximate surface area is 67.6 Å². The van der Waals surface area contributed by atoms with Gasteiger partial charge in [0.15, 0.2) is 0 Å². The Kier molecular flexibility index (Phi) is 1.69. The van der Waals surface area contributed by atoms with Gasteiger partial charge in [-0.1, -0.05) is 6.92 Å². The van der Waals surface area contributed by atoms with E-state index in [2.05, 4.69) is 6.92 Å². The average molecular weight is 156 g/mol. The molecular weight excluding hydrogens is 140 g/mol. The first kappa shape index (κ1) is 7.56. The van der Waals surface area contributed by atoms with Gasteiger partial charge in [-0.2, -0.15) is 0 Å². The number of aliphatic hydroxyl groups is 1. The molecule has 2 rings (SSSR count). The molecule has 0 aromatic rings. The summed E-state index contributed by atoms with van der Waals surface area (Å²) < 4.78 is 5.75. The number of rotatable bonds is 1. The molecule has 11 heavy (non-hydrogen) atoms. The third-order valence-electron chi connectivity index (χ3n) is 2.98. The molecule has 1 aliphatic heterocycles. The molecule has 64 valence electrons. The van der Waals surface area contributed by atoms with Gasteiger partial charge in [-0.05, 0) is 31.6 Å². The number of hydrogen-bond donors (Lipinski definition) is 1. The van der Waals surface area contributed by atoms with E-state index in [0.717, 1.165) is 12.3 Å². The van der Waals surface area contributed by atoms with E-state index >= 15 is 0 Å². The van der Waals surface area contributed by atoms with Crippen LogP contribution in [0.1, 0.15) is 32.6 Å². The number of aliphatic hydroxyl groups excluding tert-OH is 1. The van der Waals surface area contributed by atoms with Crippen molar-refractivity contribution in [3.8, 4) is 0 Å². The smallest absolute Gasteiger partial charge is 0.0814 e. The topological polar surface area (TPSA) is 29.5 Å². The second kappa shape index (κ2) is 2.46. The summed E-state index contributed by atoms with van der Waals surface area (Å²) in [5.74, 6) is 0.840. The summed E-state index contributed by atoms with van der Waals surface area (Å²) in [7, 11) is 0. The minimum absolute atomic E-state index is 0.141. The minimum Gasteiger partial charge on any atom is -0.394 e. The molecule has 0 aromatic carbocycles. The molecule has 2 nitrogen and oxygen atoms in total.